The molecule has 0 saturated carbocycles. The minimum atomic E-state index is -4.39. The van der Waals surface area contributed by atoms with E-state index < -0.39 is 23.8 Å². The Morgan fingerprint density at radius 2 is 2.09 bits per heavy atom. The molecule has 0 bridgehead atoms. The van der Waals surface area contributed by atoms with Crippen LogP contribution in [0.4, 0.5) is 13.2 Å². The van der Waals surface area contributed by atoms with E-state index in [0.29, 0.717) is 17.7 Å². The number of carboxylic acid groups (broad SMARTS) is 1. The van der Waals surface area contributed by atoms with Gasteiger partial charge >= 0.3 is 12.1 Å². The molecule has 0 amide bonds. The van der Waals surface area contributed by atoms with E-state index in [1.54, 1.807) is 4.90 Å². The standard InChI is InChI=1S/C16H14F3NO2S/c17-16(18,19)12-4-3-10-7-14(15(21)22)20(8-11(10)6-12)9-13-2-1-5-23-13/h1-6,14H,7-9H2,(H,21,22). The Balaban J connectivity index is 1.91. The molecule has 1 atom stereocenters. The van der Waals surface area contributed by atoms with E-state index in [4.69, 9.17) is 0 Å². The van der Waals surface area contributed by atoms with Gasteiger partial charge in [-0.15, -0.1) is 11.3 Å². The smallest absolute Gasteiger partial charge is 0.416 e. The largest absolute Gasteiger partial charge is 0.480 e. The number of carbonyl (C=O) groups is 1. The number of rotatable bonds is 3. The molecule has 1 unspecified atom stereocenters. The maximum Gasteiger partial charge on any atom is 0.416 e. The Morgan fingerprint density at radius 3 is 2.70 bits per heavy atom. The average Bonchev–Trinajstić information content (AvgIpc) is 2.97. The highest BCUT2D eigenvalue weighted by Crippen LogP contribution is 2.33. The van der Waals surface area contributed by atoms with Crippen LogP contribution in [0, 0.1) is 0 Å². The Kier molecular flexibility index (Phi) is 4.16. The first-order valence-corrected chi connectivity index (χ1v) is 7.91. The number of hydrogen-bond donors (Lipinski definition) is 1. The van der Waals surface area contributed by atoms with Crippen LogP contribution in [-0.4, -0.2) is 22.0 Å². The van der Waals surface area contributed by atoms with Crippen LogP contribution >= 0.6 is 11.3 Å². The zero-order valence-electron chi connectivity index (χ0n) is 12.0. The van der Waals surface area contributed by atoms with Crippen LogP contribution < -0.4 is 0 Å². The number of alkyl halides is 3. The summed E-state index contributed by atoms with van der Waals surface area (Å²) < 4.78 is 38.6. The van der Waals surface area contributed by atoms with Crippen molar-refractivity contribution < 1.29 is 23.1 Å². The fourth-order valence-corrected chi connectivity index (χ4v) is 3.56. The summed E-state index contributed by atoms with van der Waals surface area (Å²) in [5.74, 6) is -0.952. The van der Waals surface area contributed by atoms with Crippen molar-refractivity contribution in [1.29, 1.82) is 0 Å². The summed E-state index contributed by atoms with van der Waals surface area (Å²) in [7, 11) is 0. The highest BCUT2D eigenvalue weighted by atomic mass is 32.1. The topological polar surface area (TPSA) is 40.5 Å². The maximum absolute atomic E-state index is 12.9. The van der Waals surface area contributed by atoms with E-state index in [9.17, 15) is 23.1 Å². The SMILES string of the molecule is O=C(O)C1Cc2ccc(C(F)(F)F)cc2CN1Cc1cccs1. The number of halogens is 3. The van der Waals surface area contributed by atoms with Crippen molar-refractivity contribution in [2.45, 2.75) is 31.7 Å². The summed E-state index contributed by atoms with van der Waals surface area (Å²) in [4.78, 5) is 14.2. The Bertz CT molecular complexity index is 713. The molecule has 0 fully saturated rings. The van der Waals surface area contributed by atoms with Gasteiger partial charge < -0.3 is 5.11 Å². The molecule has 1 aromatic carbocycles. The van der Waals surface area contributed by atoms with Crippen LogP contribution in [0.1, 0.15) is 21.6 Å². The third-order valence-corrected chi connectivity index (χ3v) is 4.85. The third-order valence-electron chi connectivity index (χ3n) is 3.99. The second kappa shape index (κ2) is 5.98. The van der Waals surface area contributed by atoms with Gasteiger partial charge in [0.1, 0.15) is 6.04 Å². The number of hydrogen-bond acceptors (Lipinski definition) is 3. The minimum Gasteiger partial charge on any atom is -0.480 e. The van der Waals surface area contributed by atoms with Crippen LogP contribution in [0.15, 0.2) is 35.7 Å². The number of benzene rings is 1. The Morgan fingerprint density at radius 1 is 1.30 bits per heavy atom. The van der Waals surface area contributed by atoms with Crippen molar-refractivity contribution in [3.63, 3.8) is 0 Å². The molecule has 1 N–H and O–H groups in total. The summed E-state index contributed by atoms with van der Waals surface area (Å²) in [6.45, 7) is 0.623. The minimum absolute atomic E-state index is 0.202. The van der Waals surface area contributed by atoms with E-state index in [1.807, 2.05) is 17.5 Å². The molecule has 23 heavy (non-hydrogen) atoms. The summed E-state index contributed by atoms with van der Waals surface area (Å²) in [5.41, 5.74) is 0.530. The van der Waals surface area contributed by atoms with Crippen LogP contribution in [0.2, 0.25) is 0 Å². The van der Waals surface area contributed by atoms with E-state index in [1.165, 1.54) is 17.4 Å². The van der Waals surface area contributed by atoms with Crippen molar-refractivity contribution in [3.8, 4) is 0 Å². The highest BCUT2D eigenvalue weighted by Gasteiger charge is 2.35. The molecule has 0 radical (unpaired) electrons. The van der Waals surface area contributed by atoms with Crippen LogP contribution in [-0.2, 0) is 30.5 Å². The van der Waals surface area contributed by atoms with Crippen molar-refractivity contribution >= 4 is 17.3 Å². The normalized spacial score (nSPS) is 18.7. The van der Waals surface area contributed by atoms with E-state index in [0.717, 1.165) is 17.0 Å². The third kappa shape index (κ3) is 3.40. The molecule has 1 aromatic heterocycles. The molecular weight excluding hydrogens is 327 g/mol. The Labute approximate surface area is 135 Å². The number of aliphatic carboxylic acids is 1. The number of thiophene rings is 1. The number of fused-ring (bicyclic) bond motifs is 1. The lowest BCUT2D eigenvalue weighted by Crippen LogP contribution is -2.45. The lowest BCUT2D eigenvalue weighted by Gasteiger charge is -2.34. The van der Waals surface area contributed by atoms with Gasteiger partial charge in [-0.05, 0) is 41.1 Å². The fourth-order valence-electron chi connectivity index (χ4n) is 2.83. The van der Waals surface area contributed by atoms with Crippen LogP contribution in [0.5, 0.6) is 0 Å². The molecule has 3 rings (SSSR count). The lowest BCUT2D eigenvalue weighted by molar-refractivity contribution is -0.144. The molecule has 0 aliphatic carbocycles. The van der Waals surface area contributed by atoms with Gasteiger partial charge in [0, 0.05) is 18.0 Å². The molecule has 1 aliphatic rings. The first-order valence-electron chi connectivity index (χ1n) is 7.03. The molecule has 7 heteroatoms. The summed E-state index contributed by atoms with van der Waals surface area (Å²) in [6.07, 6.45) is -4.18. The molecule has 1 aliphatic heterocycles. The molecule has 122 valence electrons. The molecule has 2 aromatic rings. The van der Waals surface area contributed by atoms with E-state index in [-0.39, 0.29) is 13.0 Å². The van der Waals surface area contributed by atoms with Gasteiger partial charge in [-0.3, -0.25) is 9.69 Å². The van der Waals surface area contributed by atoms with Gasteiger partial charge in [-0.1, -0.05) is 12.1 Å². The monoisotopic (exact) mass is 341 g/mol. The second-order valence-corrected chi connectivity index (χ2v) is 6.56. The van der Waals surface area contributed by atoms with E-state index in [2.05, 4.69) is 0 Å². The molecule has 0 spiro atoms. The average molecular weight is 341 g/mol. The molecule has 3 nitrogen and oxygen atoms in total. The molecular formula is C16H14F3NO2S. The van der Waals surface area contributed by atoms with Crippen LogP contribution in [0.3, 0.4) is 0 Å². The van der Waals surface area contributed by atoms with Crippen molar-refractivity contribution in [1.82, 2.24) is 4.90 Å². The summed E-state index contributed by atoms with van der Waals surface area (Å²) in [6, 6.07) is 6.60. The number of nitrogens with zero attached hydrogens (tertiary/aromatic N) is 1. The summed E-state index contributed by atoms with van der Waals surface area (Å²) in [5, 5.41) is 11.3. The van der Waals surface area contributed by atoms with Gasteiger partial charge in [0.25, 0.3) is 0 Å². The van der Waals surface area contributed by atoms with Gasteiger partial charge in [-0.2, -0.15) is 13.2 Å². The van der Waals surface area contributed by atoms with Crippen LogP contribution in [0.25, 0.3) is 0 Å². The fraction of sp³-hybridized carbons (Fsp3) is 0.312. The van der Waals surface area contributed by atoms with Crippen molar-refractivity contribution in [2.24, 2.45) is 0 Å². The quantitative estimate of drug-likeness (QED) is 0.924. The molecule has 2 heterocycles. The zero-order chi connectivity index (χ0) is 16.6. The van der Waals surface area contributed by atoms with Gasteiger partial charge in [-0.25, -0.2) is 0 Å². The maximum atomic E-state index is 12.9. The second-order valence-electron chi connectivity index (χ2n) is 5.52. The van der Waals surface area contributed by atoms with Crippen molar-refractivity contribution in [2.75, 3.05) is 0 Å². The predicted molar refractivity (Wildman–Crippen MR) is 80.1 cm³/mol. The zero-order valence-corrected chi connectivity index (χ0v) is 12.8. The predicted octanol–water partition coefficient (Wildman–Crippen LogP) is 3.78. The van der Waals surface area contributed by atoms with Gasteiger partial charge in [0.15, 0.2) is 0 Å². The first-order chi connectivity index (χ1) is 10.8. The first kappa shape index (κ1) is 16.0. The highest BCUT2D eigenvalue weighted by molar-refractivity contribution is 7.09. The Hall–Kier alpha value is -1.86. The van der Waals surface area contributed by atoms with Gasteiger partial charge in [0.05, 0.1) is 5.56 Å². The van der Waals surface area contributed by atoms with Crippen molar-refractivity contribution in [3.05, 3.63) is 57.3 Å². The summed E-state index contributed by atoms with van der Waals surface area (Å²) >= 11 is 1.50. The van der Waals surface area contributed by atoms with Gasteiger partial charge in [0.2, 0.25) is 0 Å². The van der Waals surface area contributed by atoms with E-state index >= 15 is 0 Å². The number of carboxylic acids is 1. The molecule has 0 saturated heterocycles. The lowest BCUT2D eigenvalue weighted by atomic mass is 9.92.